The third-order valence-electron chi connectivity index (χ3n) is 1.61. The second kappa shape index (κ2) is 3.27. The number of halogens is 4. The van der Waals surface area contributed by atoms with Crippen LogP contribution in [0, 0.1) is 6.92 Å². The van der Waals surface area contributed by atoms with E-state index in [1.54, 1.807) is 0 Å². The molecule has 0 saturated carbocycles. The Hall–Kier alpha value is -1.04. The molecule has 0 amide bonds. The van der Waals surface area contributed by atoms with Crippen LogP contribution in [0.4, 0.5) is 13.2 Å². The Morgan fingerprint density at radius 1 is 1.50 bits per heavy atom. The number of nitrogens with zero attached hydrogens (tertiary/aromatic N) is 2. The van der Waals surface area contributed by atoms with Gasteiger partial charge in [0.15, 0.2) is 5.69 Å². The van der Waals surface area contributed by atoms with E-state index in [-0.39, 0.29) is 5.69 Å². The van der Waals surface area contributed by atoms with E-state index in [1.165, 1.54) is 6.92 Å². The summed E-state index contributed by atoms with van der Waals surface area (Å²) >= 11 is 5.39. The molecule has 14 heavy (non-hydrogen) atoms. The lowest BCUT2D eigenvalue weighted by Gasteiger charge is -2.00. The molecule has 0 radical (unpaired) electrons. The van der Waals surface area contributed by atoms with Crippen LogP contribution in [0.2, 0.25) is 5.02 Å². The minimum absolute atomic E-state index is 0.00788. The van der Waals surface area contributed by atoms with Crippen LogP contribution in [0.3, 0.4) is 0 Å². The molecule has 1 heterocycles. The fraction of sp³-hybridized carbons (Fsp3) is 0.429. The molecule has 0 saturated heterocycles. The Kier molecular flexibility index (Phi) is 2.58. The van der Waals surface area contributed by atoms with E-state index < -0.39 is 22.8 Å². The van der Waals surface area contributed by atoms with Gasteiger partial charge in [0, 0.05) is 6.92 Å². The summed E-state index contributed by atoms with van der Waals surface area (Å²) in [6, 6.07) is 0. The maximum Gasteiger partial charge on any atom is 0.436 e. The molecule has 0 spiro atoms. The number of hydrogen-bond acceptors (Lipinski definition) is 2. The van der Waals surface area contributed by atoms with Crippen molar-refractivity contribution in [2.75, 3.05) is 0 Å². The molecule has 0 aromatic carbocycles. The summed E-state index contributed by atoms with van der Waals surface area (Å²) in [6.45, 7) is 2.41. The van der Waals surface area contributed by atoms with Crippen LogP contribution in [-0.4, -0.2) is 15.7 Å². The highest BCUT2D eigenvalue weighted by Crippen LogP contribution is 2.35. The van der Waals surface area contributed by atoms with Gasteiger partial charge in [0.2, 0.25) is 5.91 Å². The van der Waals surface area contributed by atoms with Crippen molar-refractivity contribution in [3.63, 3.8) is 0 Å². The second-order valence-electron chi connectivity index (χ2n) is 2.68. The summed E-state index contributed by atoms with van der Waals surface area (Å²) < 4.78 is 37.3. The largest absolute Gasteiger partial charge is 0.436 e. The molecule has 1 aromatic heterocycles. The quantitative estimate of drug-likeness (QED) is 0.681. The predicted octanol–water partition coefficient (Wildman–Crippen LogP) is 2.52. The van der Waals surface area contributed by atoms with E-state index >= 15 is 0 Å². The van der Waals surface area contributed by atoms with E-state index in [9.17, 15) is 18.0 Å². The number of aromatic nitrogens is 2. The summed E-state index contributed by atoms with van der Waals surface area (Å²) in [6.07, 6.45) is -4.64. The van der Waals surface area contributed by atoms with Gasteiger partial charge in [0.1, 0.15) is 0 Å². The molecule has 1 aromatic rings. The molecule has 0 atom stereocenters. The Morgan fingerprint density at radius 3 is 2.21 bits per heavy atom. The maximum atomic E-state index is 12.2. The molecule has 0 aliphatic rings. The molecule has 0 fully saturated rings. The van der Waals surface area contributed by atoms with E-state index in [1.807, 2.05) is 0 Å². The van der Waals surface area contributed by atoms with Crippen LogP contribution in [-0.2, 0) is 6.18 Å². The van der Waals surface area contributed by atoms with E-state index in [0.29, 0.717) is 4.68 Å². The minimum Gasteiger partial charge on any atom is -0.273 e. The Balaban J connectivity index is 3.37. The standard InChI is InChI=1S/C7H6ClF3N2O/c1-3-5(8)6(7(9,10)11)12-13(3)4(2)14/h1-2H3. The third-order valence-corrected chi connectivity index (χ3v) is 2.06. The third kappa shape index (κ3) is 1.75. The maximum absolute atomic E-state index is 12.2. The van der Waals surface area contributed by atoms with Crippen LogP contribution in [0.1, 0.15) is 23.1 Å². The van der Waals surface area contributed by atoms with Gasteiger partial charge in [-0.15, -0.1) is 0 Å². The monoisotopic (exact) mass is 226 g/mol. The highest BCUT2D eigenvalue weighted by molar-refractivity contribution is 6.32. The first kappa shape index (κ1) is 11.0. The number of carbonyl (C=O) groups is 1. The summed E-state index contributed by atoms with van der Waals surface area (Å²) in [5, 5.41) is 2.56. The van der Waals surface area contributed by atoms with Gasteiger partial charge in [-0.1, -0.05) is 11.6 Å². The summed E-state index contributed by atoms with van der Waals surface area (Å²) in [5.74, 6) is -0.611. The van der Waals surface area contributed by atoms with Crippen LogP contribution in [0.25, 0.3) is 0 Å². The van der Waals surface area contributed by atoms with Crippen molar-refractivity contribution >= 4 is 17.5 Å². The lowest BCUT2D eigenvalue weighted by molar-refractivity contribution is -0.141. The van der Waals surface area contributed by atoms with Gasteiger partial charge < -0.3 is 0 Å². The summed E-state index contributed by atoms with van der Waals surface area (Å²) in [4.78, 5) is 10.8. The van der Waals surface area contributed by atoms with Crippen LogP contribution in [0.5, 0.6) is 0 Å². The van der Waals surface area contributed by atoms with Crippen molar-refractivity contribution in [2.45, 2.75) is 20.0 Å². The molecule has 0 bridgehead atoms. The molecule has 0 N–H and O–H groups in total. The van der Waals surface area contributed by atoms with Crippen LogP contribution < -0.4 is 0 Å². The van der Waals surface area contributed by atoms with Crippen molar-refractivity contribution in [3.8, 4) is 0 Å². The lowest BCUT2D eigenvalue weighted by Crippen LogP contribution is -2.12. The van der Waals surface area contributed by atoms with Crippen molar-refractivity contribution in [1.29, 1.82) is 0 Å². The van der Waals surface area contributed by atoms with Crippen molar-refractivity contribution < 1.29 is 18.0 Å². The van der Waals surface area contributed by atoms with E-state index in [2.05, 4.69) is 5.10 Å². The minimum atomic E-state index is -4.64. The van der Waals surface area contributed by atoms with Gasteiger partial charge in [-0.05, 0) is 6.92 Å². The van der Waals surface area contributed by atoms with Crippen LogP contribution in [0.15, 0.2) is 0 Å². The highest BCUT2D eigenvalue weighted by Gasteiger charge is 2.38. The average Bonchev–Trinajstić information content (AvgIpc) is 2.28. The summed E-state index contributed by atoms with van der Waals surface area (Å²) in [5.41, 5.74) is -1.24. The Bertz CT molecular complexity index is 383. The van der Waals surface area contributed by atoms with Gasteiger partial charge in [-0.2, -0.15) is 18.3 Å². The number of carbonyl (C=O) groups excluding carboxylic acids is 1. The fourth-order valence-corrected chi connectivity index (χ4v) is 1.20. The summed E-state index contributed by atoms with van der Waals surface area (Å²) in [7, 11) is 0. The van der Waals surface area contributed by atoms with Crippen LogP contribution >= 0.6 is 11.6 Å². The van der Waals surface area contributed by atoms with Gasteiger partial charge in [-0.3, -0.25) is 4.79 Å². The van der Waals surface area contributed by atoms with Gasteiger partial charge in [0.05, 0.1) is 10.7 Å². The Morgan fingerprint density at radius 2 is 2.00 bits per heavy atom. The zero-order valence-electron chi connectivity index (χ0n) is 7.31. The van der Waals surface area contributed by atoms with Crippen molar-refractivity contribution in [1.82, 2.24) is 9.78 Å². The van der Waals surface area contributed by atoms with Gasteiger partial charge >= 0.3 is 6.18 Å². The Labute approximate surface area is 82.5 Å². The van der Waals surface area contributed by atoms with E-state index in [4.69, 9.17) is 11.6 Å². The molecule has 7 heteroatoms. The zero-order valence-corrected chi connectivity index (χ0v) is 8.07. The lowest BCUT2D eigenvalue weighted by atomic mass is 10.3. The molecule has 1 rings (SSSR count). The number of alkyl halides is 3. The smallest absolute Gasteiger partial charge is 0.273 e. The highest BCUT2D eigenvalue weighted by atomic mass is 35.5. The zero-order chi connectivity index (χ0) is 11.1. The van der Waals surface area contributed by atoms with Gasteiger partial charge in [0.25, 0.3) is 0 Å². The molecule has 0 aliphatic heterocycles. The molecule has 3 nitrogen and oxygen atoms in total. The van der Waals surface area contributed by atoms with Crippen molar-refractivity contribution in [2.24, 2.45) is 0 Å². The number of hydrogen-bond donors (Lipinski definition) is 0. The predicted molar refractivity (Wildman–Crippen MR) is 43.3 cm³/mol. The SMILES string of the molecule is CC(=O)n1nc(C(F)(F)F)c(Cl)c1C. The number of rotatable bonds is 0. The normalized spacial score (nSPS) is 11.9. The topological polar surface area (TPSA) is 34.9 Å². The molecular formula is C7H6ClF3N2O. The first-order chi connectivity index (χ1) is 6.25. The average molecular weight is 227 g/mol. The first-order valence-corrected chi connectivity index (χ1v) is 3.96. The first-order valence-electron chi connectivity index (χ1n) is 3.58. The van der Waals surface area contributed by atoms with Crippen molar-refractivity contribution in [3.05, 3.63) is 16.4 Å². The second-order valence-corrected chi connectivity index (χ2v) is 3.05. The molecule has 0 aliphatic carbocycles. The van der Waals surface area contributed by atoms with E-state index in [0.717, 1.165) is 6.92 Å². The van der Waals surface area contributed by atoms with Gasteiger partial charge in [-0.25, -0.2) is 4.68 Å². The molecular weight excluding hydrogens is 221 g/mol. The fourth-order valence-electron chi connectivity index (χ4n) is 0.971. The molecule has 78 valence electrons. The molecule has 0 unspecified atom stereocenters.